The highest BCUT2D eigenvalue weighted by Gasteiger charge is 2.29. The summed E-state index contributed by atoms with van der Waals surface area (Å²) in [4.78, 5) is 12.8. The minimum absolute atomic E-state index is 0.116. The molecule has 1 saturated carbocycles. The number of aromatic nitrogens is 3. The molecule has 0 spiro atoms. The summed E-state index contributed by atoms with van der Waals surface area (Å²) in [6.45, 7) is 0.762. The molecule has 0 unspecified atom stereocenters. The molecule has 1 fully saturated rings. The molecule has 2 aliphatic rings. The van der Waals surface area contributed by atoms with Crippen molar-refractivity contribution in [1.82, 2.24) is 14.9 Å². The monoisotopic (exact) mass is 376 g/mol. The summed E-state index contributed by atoms with van der Waals surface area (Å²) in [6.07, 6.45) is 5.29. The van der Waals surface area contributed by atoms with E-state index < -0.39 is 0 Å². The van der Waals surface area contributed by atoms with Crippen molar-refractivity contribution in [2.45, 2.75) is 43.9 Å². The molecule has 0 N–H and O–H groups in total. The average Bonchev–Trinajstić information content (AvgIpc) is 3.29. The Balaban J connectivity index is 1.49. The van der Waals surface area contributed by atoms with Gasteiger partial charge in [0.2, 0.25) is 11.1 Å². The summed E-state index contributed by atoms with van der Waals surface area (Å²) in [6, 6.07) is 5.97. The SMILES string of the molecule is O=C(CC1CCCC1)N1CCSc2nnc(COc3cccc(F)c3)n21. The molecule has 1 aliphatic heterocycles. The first kappa shape index (κ1) is 17.3. The van der Waals surface area contributed by atoms with Gasteiger partial charge in [0.15, 0.2) is 5.82 Å². The summed E-state index contributed by atoms with van der Waals surface area (Å²) in [5.74, 6) is 2.04. The van der Waals surface area contributed by atoms with Crippen molar-refractivity contribution >= 4 is 17.7 Å². The Kier molecular flexibility index (Phi) is 5.10. The topological polar surface area (TPSA) is 60.3 Å². The number of benzene rings is 1. The number of fused-ring (bicyclic) bond motifs is 1. The zero-order valence-electron chi connectivity index (χ0n) is 14.4. The van der Waals surface area contributed by atoms with Gasteiger partial charge in [-0.2, -0.15) is 0 Å². The van der Waals surface area contributed by atoms with Gasteiger partial charge in [0.25, 0.3) is 0 Å². The lowest BCUT2D eigenvalue weighted by Gasteiger charge is -2.30. The van der Waals surface area contributed by atoms with Crippen molar-refractivity contribution in [3.8, 4) is 5.75 Å². The van der Waals surface area contributed by atoms with Gasteiger partial charge in [0, 0.05) is 18.2 Å². The summed E-state index contributed by atoms with van der Waals surface area (Å²) in [7, 11) is 0. The van der Waals surface area contributed by atoms with Crippen LogP contribution < -0.4 is 9.75 Å². The van der Waals surface area contributed by atoms with E-state index in [2.05, 4.69) is 10.2 Å². The fraction of sp³-hybridized carbons (Fsp3) is 0.500. The Bertz CT molecular complexity index is 791. The van der Waals surface area contributed by atoms with Gasteiger partial charge in [-0.3, -0.25) is 4.79 Å². The van der Waals surface area contributed by atoms with Gasteiger partial charge in [-0.15, -0.1) is 10.2 Å². The third-order valence-electron chi connectivity index (χ3n) is 4.84. The quantitative estimate of drug-likeness (QED) is 0.802. The maximum absolute atomic E-state index is 13.3. The molecular weight excluding hydrogens is 355 g/mol. The van der Waals surface area contributed by atoms with Crippen molar-refractivity contribution in [2.75, 3.05) is 17.3 Å². The van der Waals surface area contributed by atoms with Gasteiger partial charge in [-0.05, 0) is 30.9 Å². The minimum Gasteiger partial charge on any atom is -0.485 e. The third-order valence-corrected chi connectivity index (χ3v) is 5.74. The van der Waals surface area contributed by atoms with Crippen LogP contribution in [0, 0.1) is 11.7 Å². The molecule has 138 valence electrons. The van der Waals surface area contributed by atoms with E-state index in [0.717, 1.165) is 18.6 Å². The largest absolute Gasteiger partial charge is 0.485 e. The van der Waals surface area contributed by atoms with E-state index in [0.29, 0.717) is 35.6 Å². The predicted molar refractivity (Wildman–Crippen MR) is 96.1 cm³/mol. The molecule has 1 aliphatic carbocycles. The van der Waals surface area contributed by atoms with E-state index in [-0.39, 0.29) is 18.3 Å². The van der Waals surface area contributed by atoms with Crippen molar-refractivity contribution in [3.05, 3.63) is 35.9 Å². The summed E-state index contributed by atoms with van der Waals surface area (Å²) in [5, 5.41) is 10.8. The van der Waals surface area contributed by atoms with Crippen LogP contribution in [-0.2, 0) is 11.4 Å². The number of carbonyl (C=O) groups is 1. The lowest BCUT2D eigenvalue weighted by atomic mass is 10.0. The van der Waals surface area contributed by atoms with Gasteiger partial charge < -0.3 is 4.74 Å². The van der Waals surface area contributed by atoms with Crippen LogP contribution in [0.15, 0.2) is 29.4 Å². The van der Waals surface area contributed by atoms with Crippen LogP contribution in [0.1, 0.15) is 37.9 Å². The summed E-state index contributed by atoms with van der Waals surface area (Å²) >= 11 is 1.58. The second-order valence-corrected chi connectivity index (χ2v) is 7.74. The number of halogens is 1. The molecule has 4 rings (SSSR count). The zero-order chi connectivity index (χ0) is 17.9. The van der Waals surface area contributed by atoms with Crippen LogP contribution in [0.3, 0.4) is 0 Å². The Morgan fingerprint density at radius 2 is 2.15 bits per heavy atom. The van der Waals surface area contributed by atoms with Crippen LogP contribution in [0.5, 0.6) is 5.75 Å². The molecule has 1 amide bonds. The second-order valence-electron chi connectivity index (χ2n) is 6.68. The first-order valence-corrected chi connectivity index (χ1v) is 9.95. The van der Waals surface area contributed by atoms with E-state index >= 15 is 0 Å². The minimum atomic E-state index is -0.352. The molecule has 0 bridgehead atoms. The number of ether oxygens (including phenoxy) is 1. The van der Waals surface area contributed by atoms with Gasteiger partial charge in [-0.1, -0.05) is 30.7 Å². The number of carbonyl (C=O) groups excluding carboxylic acids is 1. The van der Waals surface area contributed by atoms with Crippen LogP contribution >= 0.6 is 11.8 Å². The van der Waals surface area contributed by atoms with E-state index in [1.807, 2.05) is 0 Å². The second kappa shape index (κ2) is 7.65. The van der Waals surface area contributed by atoms with Gasteiger partial charge in [0.1, 0.15) is 18.2 Å². The first-order chi connectivity index (χ1) is 12.7. The Hall–Kier alpha value is -2.09. The van der Waals surface area contributed by atoms with Crippen LogP contribution in [-0.4, -0.2) is 33.1 Å². The van der Waals surface area contributed by atoms with Crippen LogP contribution in [0.25, 0.3) is 0 Å². The number of rotatable bonds is 5. The molecule has 1 aromatic heterocycles. The van der Waals surface area contributed by atoms with Crippen molar-refractivity contribution < 1.29 is 13.9 Å². The average molecular weight is 376 g/mol. The summed E-state index contributed by atoms with van der Waals surface area (Å²) in [5.41, 5.74) is 0. The van der Waals surface area contributed by atoms with Crippen molar-refractivity contribution in [2.24, 2.45) is 5.92 Å². The Morgan fingerprint density at radius 1 is 1.31 bits per heavy atom. The molecule has 1 aromatic carbocycles. The first-order valence-electron chi connectivity index (χ1n) is 8.97. The van der Waals surface area contributed by atoms with E-state index in [1.165, 1.54) is 25.0 Å². The highest BCUT2D eigenvalue weighted by Crippen LogP contribution is 2.29. The third kappa shape index (κ3) is 3.70. The molecule has 6 nitrogen and oxygen atoms in total. The zero-order valence-corrected chi connectivity index (χ0v) is 15.3. The lowest BCUT2D eigenvalue weighted by Crippen LogP contribution is -2.46. The summed E-state index contributed by atoms with van der Waals surface area (Å²) < 4.78 is 20.7. The van der Waals surface area contributed by atoms with Crippen molar-refractivity contribution in [3.63, 3.8) is 0 Å². The molecule has 0 radical (unpaired) electrons. The number of hydrogen-bond donors (Lipinski definition) is 0. The maximum Gasteiger partial charge on any atom is 0.241 e. The molecule has 26 heavy (non-hydrogen) atoms. The molecule has 0 saturated heterocycles. The molecule has 8 heteroatoms. The Labute approximate surface area is 155 Å². The smallest absolute Gasteiger partial charge is 0.241 e. The molecule has 0 atom stereocenters. The van der Waals surface area contributed by atoms with Crippen LogP contribution in [0.2, 0.25) is 0 Å². The van der Waals surface area contributed by atoms with E-state index in [4.69, 9.17) is 4.74 Å². The normalized spacial score (nSPS) is 17.3. The molecular formula is C18H21FN4O2S. The highest BCUT2D eigenvalue weighted by molar-refractivity contribution is 7.99. The maximum atomic E-state index is 13.3. The van der Waals surface area contributed by atoms with E-state index in [1.54, 1.807) is 33.6 Å². The Morgan fingerprint density at radius 3 is 2.96 bits per heavy atom. The van der Waals surface area contributed by atoms with Crippen LogP contribution in [0.4, 0.5) is 4.39 Å². The standard InChI is InChI=1S/C18H21FN4O2S/c19-14-6-3-7-15(11-14)25-12-16-20-21-18-23(16)22(8-9-26-18)17(24)10-13-4-1-2-5-13/h3,6-7,11,13H,1-2,4-5,8-10,12H2. The fourth-order valence-electron chi connectivity index (χ4n) is 3.55. The van der Waals surface area contributed by atoms with E-state index in [9.17, 15) is 9.18 Å². The number of nitrogens with zero attached hydrogens (tertiary/aromatic N) is 4. The lowest BCUT2D eigenvalue weighted by molar-refractivity contribution is -0.121. The number of thioether (sulfide) groups is 1. The molecule has 2 heterocycles. The molecule has 2 aromatic rings. The highest BCUT2D eigenvalue weighted by atomic mass is 32.2. The van der Waals surface area contributed by atoms with Gasteiger partial charge in [0.05, 0.1) is 6.54 Å². The number of amides is 1. The predicted octanol–water partition coefficient (Wildman–Crippen LogP) is 3.15. The fourth-order valence-corrected chi connectivity index (χ4v) is 4.42. The van der Waals surface area contributed by atoms with Gasteiger partial charge in [-0.25, -0.2) is 14.1 Å². The number of hydrogen-bond acceptors (Lipinski definition) is 5. The van der Waals surface area contributed by atoms with Gasteiger partial charge >= 0.3 is 0 Å². The van der Waals surface area contributed by atoms with Crippen molar-refractivity contribution in [1.29, 1.82) is 0 Å².